The standard InChI is InChI=1S/C10H11F7O2/c1-5(2)19-7(18)4-6(3)8(11,9(12,13)14)10(15,16)17/h4-5H,1-3H3. The molecule has 0 atom stereocenters. The first kappa shape index (κ1) is 17.7. The van der Waals surface area contributed by atoms with E-state index in [1.807, 2.05) is 0 Å². The van der Waals surface area contributed by atoms with Crippen molar-refractivity contribution in [3.63, 3.8) is 0 Å². The lowest BCUT2D eigenvalue weighted by Crippen LogP contribution is -2.54. The minimum Gasteiger partial charge on any atom is -0.460 e. The zero-order chi connectivity index (χ0) is 15.6. The van der Waals surface area contributed by atoms with Crippen molar-refractivity contribution in [2.45, 2.75) is 44.9 Å². The van der Waals surface area contributed by atoms with Crippen LogP contribution in [0, 0.1) is 0 Å². The number of alkyl halides is 7. The molecule has 0 aromatic rings. The van der Waals surface area contributed by atoms with Gasteiger partial charge in [0.15, 0.2) is 0 Å². The van der Waals surface area contributed by atoms with E-state index < -0.39 is 35.7 Å². The number of rotatable bonds is 3. The highest BCUT2D eigenvalue weighted by atomic mass is 19.4. The Morgan fingerprint density at radius 3 is 1.63 bits per heavy atom. The highest BCUT2D eigenvalue weighted by Gasteiger charge is 2.73. The van der Waals surface area contributed by atoms with Gasteiger partial charge in [0.25, 0.3) is 0 Å². The van der Waals surface area contributed by atoms with Gasteiger partial charge < -0.3 is 4.74 Å². The van der Waals surface area contributed by atoms with Gasteiger partial charge in [-0.25, -0.2) is 9.18 Å². The summed E-state index contributed by atoms with van der Waals surface area (Å²) in [7, 11) is 0. The van der Waals surface area contributed by atoms with Crippen molar-refractivity contribution in [3.8, 4) is 0 Å². The maximum Gasteiger partial charge on any atom is 0.435 e. The molecule has 0 spiro atoms. The molecule has 0 fully saturated rings. The molecule has 2 nitrogen and oxygen atoms in total. The molecule has 0 N–H and O–H groups in total. The number of halogens is 7. The lowest BCUT2D eigenvalue weighted by molar-refractivity contribution is -0.326. The molecule has 0 radical (unpaired) electrons. The summed E-state index contributed by atoms with van der Waals surface area (Å²) in [6.45, 7) is 2.89. The normalized spacial score (nSPS) is 14.8. The monoisotopic (exact) mass is 296 g/mol. The van der Waals surface area contributed by atoms with Crippen LogP contribution in [0.2, 0.25) is 0 Å². The molecule has 0 aliphatic heterocycles. The summed E-state index contributed by atoms with van der Waals surface area (Å²) in [5, 5.41) is 0. The van der Waals surface area contributed by atoms with Crippen molar-refractivity contribution < 1.29 is 40.3 Å². The predicted octanol–water partition coefficient (Wildman–Crippen LogP) is 3.72. The van der Waals surface area contributed by atoms with Gasteiger partial charge in [-0.1, -0.05) is 0 Å². The number of carbonyl (C=O) groups is 1. The number of hydrogen-bond donors (Lipinski definition) is 0. The molecule has 0 saturated heterocycles. The van der Waals surface area contributed by atoms with Crippen LogP contribution in [0.4, 0.5) is 30.7 Å². The number of carbonyl (C=O) groups excluding carboxylic acids is 1. The number of allylic oxidation sites excluding steroid dienone is 1. The van der Waals surface area contributed by atoms with Gasteiger partial charge in [-0.05, 0) is 26.3 Å². The summed E-state index contributed by atoms with van der Waals surface area (Å²) in [5.41, 5.74) is -7.42. The van der Waals surface area contributed by atoms with Crippen molar-refractivity contribution in [2.24, 2.45) is 0 Å². The summed E-state index contributed by atoms with van der Waals surface area (Å²) in [6.07, 6.45) is -13.4. The fourth-order valence-electron chi connectivity index (χ4n) is 1.15. The molecule has 0 amide bonds. The zero-order valence-corrected chi connectivity index (χ0v) is 10.1. The maximum atomic E-state index is 13.4. The third kappa shape index (κ3) is 3.84. The second-order valence-corrected chi connectivity index (χ2v) is 3.97. The largest absolute Gasteiger partial charge is 0.460 e. The second kappa shape index (κ2) is 5.38. The average molecular weight is 296 g/mol. The van der Waals surface area contributed by atoms with E-state index in [2.05, 4.69) is 4.74 Å². The Kier molecular flexibility index (Phi) is 5.01. The first-order valence-corrected chi connectivity index (χ1v) is 4.95. The van der Waals surface area contributed by atoms with E-state index in [9.17, 15) is 35.5 Å². The summed E-state index contributed by atoms with van der Waals surface area (Å²) in [6, 6.07) is 0. The average Bonchev–Trinajstić information content (AvgIpc) is 2.10. The highest BCUT2D eigenvalue weighted by Crippen LogP contribution is 2.50. The Hall–Kier alpha value is -1.28. The quantitative estimate of drug-likeness (QED) is 0.451. The van der Waals surface area contributed by atoms with Crippen LogP contribution in [-0.4, -0.2) is 30.1 Å². The van der Waals surface area contributed by atoms with Gasteiger partial charge >= 0.3 is 24.0 Å². The molecule has 0 rings (SSSR count). The van der Waals surface area contributed by atoms with Crippen LogP contribution in [0.1, 0.15) is 20.8 Å². The predicted molar refractivity (Wildman–Crippen MR) is 50.9 cm³/mol. The smallest absolute Gasteiger partial charge is 0.435 e. The number of esters is 1. The van der Waals surface area contributed by atoms with Crippen molar-refractivity contribution in [1.29, 1.82) is 0 Å². The first-order chi connectivity index (χ1) is 8.23. The minimum absolute atomic E-state index is 0.152. The molecule has 0 bridgehead atoms. The second-order valence-electron chi connectivity index (χ2n) is 3.97. The van der Waals surface area contributed by atoms with E-state index >= 15 is 0 Å². The third-order valence-electron chi connectivity index (χ3n) is 2.01. The van der Waals surface area contributed by atoms with Crippen LogP contribution in [-0.2, 0) is 9.53 Å². The van der Waals surface area contributed by atoms with E-state index in [0.717, 1.165) is 0 Å². The van der Waals surface area contributed by atoms with Crippen molar-refractivity contribution in [2.75, 3.05) is 0 Å². The molecule has 112 valence electrons. The summed E-state index contributed by atoms with van der Waals surface area (Å²) in [4.78, 5) is 11.0. The van der Waals surface area contributed by atoms with E-state index in [1.54, 1.807) is 0 Å². The van der Waals surface area contributed by atoms with Crippen LogP contribution < -0.4 is 0 Å². The lowest BCUT2D eigenvalue weighted by Gasteiger charge is -2.30. The van der Waals surface area contributed by atoms with Gasteiger partial charge in [-0.2, -0.15) is 26.3 Å². The number of ether oxygens (including phenoxy) is 1. The molecule has 0 heterocycles. The zero-order valence-electron chi connectivity index (χ0n) is 10.1. The summed E-state index contributed by atoms with van der Waals surface area (Å²) in [5.74, 6) is -1.48. The van der Waals surface area contributed by atoms with Gasteiger partial charge in [-0.15, -0.1) is 0 Å². The van der Waals surface area contributed by atoms with Crippen LogP contribution in [0.5, 0.6) is 0 Å². The van der Waals surface area contributed by atoms with Crippen molar-refractivity contribution in [3.05, 3.63) is 11.6 Å². The van der Waals surface area contributed by atoms with E-state index in [0.29, 0.717) is 0 Å². The SMILES string of the molecule is CC(=CC(=O)OC(C)C)C(F)(C(F)(F)F)C(F)(F)F. The number of hydrogen-bond acceptors (Lipinski definition) is 2. The Morgan fingerprint density at radius 2 is 1.37 bits per heavy atom. The van der Waals surface area contributed by atoms with E-state index in [4.69, 9.17) is 0 Å². The molecule has 19 heavy (non-hydrogen) atoms. The molecule has 0 unspecified atom stereocenters. The molecule has 0 aliphatic carbocycles. The molecule has 0 aromatic carbocycles. The highest BCUT2D eigenvalue weighted by molar-refractivity contribution is 5.83. The topological polar surface area (TPSA) is 26.3 Å². The van der Waals surface area contributed by atoms with Crippen LogP contribution in [0.15, 0.2) is 11.6 Å². The van der Waals surface area contributed by atoms with Gasteiger partial charge in [0.1, 0.15) is 0 Å². The fourth-order valence-corrected chi connectivity index (χ4v) is 1.15. The lowest BCUT2D eigenvalue weighted by atomic mass is 9.95. The fraction of sp³-hybridized carbons (Fsp3) is 0.700. The van der Waals surface area contributed by atoms with Crippen molar-refractivity contribution >= 4 is 5.97 Å². The summed E-state index contributed by atoms with van der Waals surface area (Å²) >= 11 is 0. The van der Waals surface area contributed by atoms with Crippen LogP contribution in [0.25, 0.3) is 0 Å². The van der Waals surface area contributed by atoms with Gasteiger partial charge in [0, 0.05) is 6.08 Å². The molecular weight excluding hydrogens is 285 g/mol. The molecule has 9 heteroatoms. The Balaban J connectivity index is 5.56. The van der Waals surface area contributed by atoms with E-state index in [1.165, 1.54) is 13.8 Å². The Morgan fingerprint density at radius 1 is 1.00 bits per heavy atom. The molecule has 0 aliphatic rings. The van der Waals surface area contributed by atoms with Gasteiger partial charge in [0.2, 0.25) is 0 Å². The van der Waals surface area contributed by atoms with Crippen LogP contribution >= 0.6 is 0 Å². The molecule has 0 saturated carbocycles. The van der Waals surface area contributed by atoms with Crippen molar-refractivity contribution in [1.82, 2.24) is 0 Å². The summed E-state index contributed by atoms with van der Waals surface area (Å²) < 4.78 is 91.3. The van der Waals surface area contributed by atoms with Gasteiger partial charge in [0.05, 0.1) is 6.10 Å². The molecule has 0 aromatic heterocycles. The third-order valence-corrected chi connectivity index (χ3v) is 2.01. The Labute approximate surface area is 104 Å². The van der Waals surface area contributed by atoms with Gasteiger partial charge in [-0.3, -0.25) is 0 Å². The minimum atomic E-state index is -6.23. The molecular formula is C10H11F7O2. The first-order valence-electron chi connectivity index (χ1n) is 4.95. The maximum absolute atomic E-state index is 13.4. The Bertz CT molecular complexity index is 351. The van der Waals surface area contributed by atoms with Crippen LogP contribution in [0.3, 0.4) is 0 Å². The van der Waals surface area contributed by atoms with E-state index in [-0.39, 0.29) is 13.0 Å².